The largest absolute Gasteiger partial charge is 0.468 e. The number of methoxy groups -OCH3 is 1. The number of esters is 1. The van der Waals surface area contributed by atoms with Crippen molar-refractivity contribution in [2.24, 2.45) is 11.8 Å². The number of hydrogen-bond donors (Lipinski definition) is 1. The van der Waals surface area contributed by atoms with E-state index < -0.39 is 12.0 Å². The summed E-state index contributed by atoms with van der Waals surface area (Å²) in [5.74, 6) is -2.84. The van der Waals surface area contributed by atoms with E-state index >= 15 is 0 Å². The number of carbonyl (C=O) groups is 1. The van der Waals surface area contributed by atoms with Crippen molar-refractivity contribution in [2.75, 3.05) is 13.7 Å². The Morgan fingerprint density at radius 3 is 2.67 bits per heavy atom. The van der Waals surface area contributed by atoms with E-state index in [4.69, 9.17) is 4.74 Å². The monoisotopic (exact) mass is 263 g/mol. The molecular formula is C13H23F2NO2. The molecule has 2 atom stereocenters. The van der Waals surface area contributed by atoms with Crippen molar-refractivity contribution in [1.82, 2.24) is 5.32 Å². The summed E-state index contributed by atoms with van der Waals surface area (Å²) in [6.07, 6.45) is 1.28. The Morgan fingerprint density at radius 2 is 2.17 bits per heavy atom. The second-order valence-electron chi connectivity index (χ2n) is 5.47. The molecule has 3 nitrogen and oxygen atoms in total. The van der Waals surface area contributed by atoms with E-state index in [9.17, 15) is 13.6 Å². The van der Waals surface area contributed by atoms with Crippen molar-refractivity contribution in [3.63, 3.8) is 0 Å². The molecule has 18 heavy (non-hydrogen) atoms. The third-order valence-corrected chi connectivity index (χ3v) is 3.49. The Bertz CT molecular complexity index is 282. The number of rotatable bonds is 5. The number of ether oxygens (including phenoxy) is 1. The zero-order valence-corrected chi connectivity index (χ0v) is 11.3. The normalized spacial score (nSPS) is 24.9. The zero-order valence-electron chi connectivity index (χ0n) is 11.3. The van der Waals surface area contributed by atoms with Crippen LogP contribution in [-0.4, -0.2) is 31.6 Å². The Balaban J connectivity index is 2.45. The van der Waals surface area contributed by atoms with Crippen LogP contribution in [0.4, 0.5) is 8.78 Å². The average Bonchev–Trinajstić information content (AvgIpc) is 2.27. The molecule has 0 aromatic rings. The summed E-state index contributed by atoms with van der Waals surface area (Å²) in [5, 5.41) is 3.07. The average molecular weight is 263 g/mol. The molecule has 0 aromatic heterocycles. The molecule has 0 saturated heterocycles. The summed E-state index contributed by atoms with van der Waals surface area (Å²) in [4.78, 5) is 11.5. The Kier molecular flexibility index (Phi) is 5.50. The minimum absolute atomic E-state index is 0.00584. The van der Waals surface area contributed by atoms with Gasteiger partial charge in [0.25, 0.3) is 0 Å². The highest BCUT2D eigenvalue weighted by Gasteiger charge is 2.36. The second-order valence-corrected chi connectivity index (χ2v) is 5.47. The van der Waals surface area contributed by atoms with Crippen LogP contribution in [0.3, 0.4) is 0 Å². The Morgan fingerprint density at radius 1 is 1.50 bits per heavy atom. The van der Waals surface area contributed by atoms with Gasteiger partial charge in [0, 0.05) is 12.8 Å². The van der Waals surface area contributed by atoms with Gasteiger partial charge in [-0.2, -0.15) is 0 Å². The van der Waals surface area contributed by atoms with Gasteiger partial charge in [0.1, 0.15) is 6.04 Å². The van der Waals surface area contributed by atoms with Crippen LogP contribution in [-0.2, 0) is 9.53 Å². The molecule has 2 unspecified atom stereocenters. The van der Waals surface area contributed by atoms with Gasteiger partial charge in [0.15, 0.2) is 0 Å². The predicted octanol–water partition coefficient (Wildman–Crippen LogP) is 2.60. The van der Waals surface area contributed by atoms with Crippen LogP contribution in [0.15, 0.2) is 0 Å². The molecule has 106 valence electrons. The fourth-order valence-corrected chi connectivity index (χ4v) is 2.46. The van der Waals surface area contributed by atoms with Crippen molar-refractivity contribution in [2.45, 2.75) is 51.5 Å². The van der Waals surface area contributed by atoms with Gasteiger partial charge in [-0.25, -0.2) is 8.78 Å². The highest BCUT2D eigenvalue weighted by atomic mass is 19.3. The first-order valence-electron chi connectivity index (χ1n) is 6.55. The van der Waals surface area contributed by atoms with Crippen molar-refractivity contribution in [3.8, 4) is 0 Å². The lowest BCUT2D eigenvalue weighted by Crippen LogP contribution is -2.45. The van der Waals surface area contributed by atoms with E-state index in [1.807, 2.05) is 13.8 Å². The van der Waals surface area contributed by atoms with E-state index in [1.165, 1.54) is 7.11 Å². The fourth-order valence-electron chi connectivity index (χ4n) is 2.46. The van der Waals surface area contributed by atoms with Gasteiger partial charge < -0.3 is 10.1 Å². The molecule has 1 aliphatic carbocycles. The van der Waals surface area contributed by atoms with Gasteiger partial charge >= 0.3 is 5.97 Å². The summed E-state index contributed by atoms with van der Waals surface area (Å²) >= 11 is 0. The summed E-state index contributed by atoms with van der Waals surface area (Å²) in [6, 6.07) is -0.412. The standard InChI is InChI=1S/C13H23F2NO2/c1-9(2)11(12(17)18-3)16-8-10-5-4-6-13(14,15)7-10/h9-11,16H,4-8H2,1-3H3. The van der Waals surface area contributed by atoms with Crippen LogP contribution in [0, 0.1) is 11.8 Å². The SMILES string of the molecule is COC(=O)C(NCC1CCCC(F)(F)C1)C(C)C. The molecule has 1 aliphatic rings. The van der Waals surface area contributed by atoms with Crippen molar-refractivity contribution >= 4 is 5.97 Å². The highest BCUT2D eigenvalue weighted by Crippen LogP contribution is 2.36. The molecule has 1 rings (SSSR count). The molecule has 1 fully saturated rings. The van der Waals surface area contributed by atoms with Gasteiger partial charge in [-0.3, -0.25) is 4.79 Å². The van der Waals surface area contributed by atoms with Crippen LogP contribution in [0.2, 0.25) is 0 Å². The summed E-state index contributed by atoms with van der Waals surface area (Å²) in [7, 11) is 1.34. The highest BCUT2D eigenvalue weighted by molar-refractivity contribution is 5.75. The van der Waals surface area contributed by atoms with Crippen LogP contribution in [0.25, 0.3) is 0 Å². The maximum atomic E-state index is 13.2. The predicted molar refractivity (Wildman–Crippen MR) is 65.5 cm³/mol. The quantitative estimate of drug-likeness (QED) is 0.775. The minimum Gasteiger partial charge on any atom is -0.468 e. The number of halogens is 2. The lowest BCUT2D eigenvalue weighted by Gasteiger charge is -2.30. The van der Waals surface area contributed by atoms with E-state index in [2.05, 4.69) is 5.32 Å². The lowest BCUT2D eigenvalue weighted by molar-refractivity contribution is -0.144. The summed E-state index contributed by atoms with van der Waals surface area (Å²) in [6.45, 7) is 4.27. The van der Waals surface area contributed by atoms with Crippen molar-refractivity contribution < 1.29 is 18.3 Å². The molecular weight excluding hydrogens is 240 g/mol. The van der Waals surface area contributed by atoms with E-state index in [0.717, 1.165) is 6.42 Å². The first kappa shape index (κ1) is 15.3. The van der Waals surface area contributed by atoms with Crippen LogP contribution in [0.5, 0.6) is 0 Å². The lowest BCUT2D eigenvalue weighted by atomic mass is 9.86. The topological polar surface area (TPSA) is 38.3 Å². The molecule has 0 aliphatic heterocycles. The molecule has 0 radical (unpaired) electrons. The maximum absolute atomic E-state index is 13.2. The number of nitrogens with one attached hydrogen (secondary N) is 1. The molecule has 0 amide bonds. The van der Waals surface area contributed by atoms with E-state index in [0.29, 0.717) is 13.0 Å². The maximum Gasteiger partial charge on any atom is 0.323 e. The van der Waals surface area contributed by atoms with Crippen LogP contribution < -0.4 is 5.32 Å². The van der Waals surface area contributed by atoms with Gasteiger partial charge in [-0.05, 0) is 31.2 Å². The van der Waals surface area contributed by atoms with Gasteiger partial charge in [-0.15, -0.1) is 0 Å². The van der Waals surface area contributed by atoms with Crippen LogP contribution in [0.1, 0.15) is 39.5 Å². The molecule has 0 bridgehead atoms. The Labute approximate surface area is 107 Å². The van der Waals surface area contributed by atoms with Gasteiger partial charge in [0.05, 0.1) is 7.11 Å². The third-order valence-electron chi connectivity index (χ3n) is 3.49. The van der Waals surface area contributed by atoms with E-state index in [-0.39, 0.29) is 30.6 Å². The number of alkyl halides is 2. The molecule has 1 saturated carbocycles. The molecule has 0 heterocycles. The van der Waals surface area contributed by atoms with Crippen LogP contribution >= 0.6 is 0 Å². The minimum atomic E-state index is -2.54. The third kappa shape index (κ3) is 4.52. The molecule has 0 aromatic carbocycles. The first-order chi connectivity index (χ1) is 8.35. The Hall–Kier alpha value is -0.710. The molecule has 5 heteroatoms. The van der Waals surface area contributed by atoms with Crippen molar-refractivity contribution in [1.29, 1.82) is 0 Å². The fraction of sp³-hybridized carbons (Fsp3) is 0.923. The molecule has 1 N–H and O–H groups in total. The number of hydrogen-bond acceptors (Lipinski definition) is 3. The zero-order chi connectivity index (χ0) is 13.8. The second kappa shape index (κ2) is 6.45. The molecule has 0 spiro atoms. The summed E-state index contributed by atoms with van der Waals surface area (Å²) in [5.41, 5.74) is 0. The summed E-state index contributed by atoms with van der Waals surface area (Å²) < 4.78 is 31.2. The number of carbonyl (C=O) groups excluding carboxylic acids is 1. The smallest absolute Gasteiger partial charge is 0.323 e. The van der Waals surface area contributed by atoms with Crippen molar-refractivity contribution in [3.05, 3.63) is 0 Å². The van der Waals surface area contributed by atoms with Gasteiger partial charge in [-0.1, -0.05) is 13.8 Å². The van der Waals surface area contributed by atoms with Gasteiger partial charge in [0.2, 0.25) is 5.92 Å². The van der Waals surface area contributed by atoms with E-state index in [1.54, 1.807) is 0 Å². The first-order valence-corrected chi connectivity index (χ1v) is 6.55.